The number of amides is 1. The molecule has 0 aliphatic carbocycles. The molecule has 0 saturated carbocycles. The van der Waals surface area contributed by atoms with Crippen LogP contribution in [-0.4, -0.2) is 81.4 Å². The number of hydrogen-bond acceptors (Lipinski definition) is 5. The van der Waals surface area contributed by atoms with Crippen molar-refractivity contribution >= 4 is 15.9 Å². The minimum atomic E-state index is -4.66. The van der Waals surface area contributed by atoms with Crippen molar-refractivity contribution in [1.82, 2.24) is 14.1 Å². The van der Waals surface area contributed by atoms with E-state index in [4.69, 9.17) is 4.74 Å². The lowest BCUT2D eigenvalue weighted by Gasteiger charge is -2.42. The molecule has 4 rings (SSSR count). The summed E-state index contributed by atoms with van der Waals surface area (Å²) in [6.07, 6.45) is -0.983. The summed E-state index contributed by atoms with van der Waals surface area (Å²) >= 11 is 0. The zero-order valence-corrected chi connectivity index (χ0v) is 24.0. The maximum atomic E-state index is 14.1. The van der Waals surface area contributed by atoms with Crippen molar-refractivity contribution in [1.29, 1.82) is 0 Å². The quantitative estimate of drug-likeness (QED) is 0.345. The predicted octanol–water partition coefficient (Wildman–Crippen LogP) is 4.88. The maximum Gasteiger partial charge on any atom is 0.416 e. The van der Waals surface area contributed by atoms with E-state index in [-0.39, 0.29) is 31.1 Å². The number of carbonyl (C=O) groups excluding carboxylic acids is 1. The number of nitrogens with zero attached hydrogens (tertiary/aromatic N) is 3. The van der Waals surface area contributed by atoms with Crippen molar-refractivity contribution < 1.29 is 35.5 Å². The summed E-state index contributed by atoms with van der Waals surface area (Å²) in [7, 11) is -2.87. The van der Waals surface area contributed by atoms with E-state index >= 15 is 0 Å². The monoisotopic (exact) mass is 599 g/mol. The summed E-state index contributed by atoms with van der Waals surface area (Å²) in [6, 6.07) is 10.0. The molecule has 12 heteroatoms. The Balaban J connectivity index is 1.31. The Labute approximate surface area is 239 Å². The molecule has 41 heavy (non-hydrogen) atoms. The van der Waals surface area contributed by atoms with Crippen molar-refractivity contribution in [2.75, 3.05) is 52.9 Å². The van der Waals surface area contributed by atoms with E-state index in [1.54, 1.807) is 11.0 Å². The van der Waals surface area contributed by atoms with Gasteiger partial charge in [0.15, 0.2) is 0 Å². The molecule has 0 aromatic heterocycles. The van der Waals surface area contributed by atoms with E-state index in [1.807, 2.05) is 6.07 Å². The molecule has 0 bridgehead atoms. The molecule has 2 aromatic rings. The van der Waals surface area contributed by atoms with E-state index < -0.39 is 32.3 Å². The Kier molecular flexibility index (Phi) is 10.1. The number of sulfonamides is 1. The number of halogens is 4. The zero-order chi connectivity index (χ0) is 29.7. The third-order valence-electron chi connectivity index (χ3n) is 7.99. The highest BCUT2D eigenvalue weighted by Crippen LogP contribution is 2.37. The highest BCUT2D eigenvalue weighted by atomic mass is 32.2. The maximum absolute atomic E-state index is 14.1. The van der Waals surface area contributed by atoms with Gasteiger partial charge in [-0.25, -0.2) is 17.1 Å². The largest absolute Gasteiger partial charge is 0.416 e. The van der Waals surface area contributed by atoms with E-state index in [1.165, 1.54) is 32.0 Å². The van der Waals surface area contributed by atoms with Crippen LogP contribution in [0.5, 0.6) is 0 Å². The van der Waals surface area contributed by atoms with Crippen molar-refractivity contribution in [2.24, 2.45) is 0 Å². The van der Waals surface area contributed by atoms with E-state index in [0.717, 1.165) is 47.7 Å². The molecule has 226 valence electrons. The highest BCUT2D eigenvalue weighted by Gasteiger charge is 2.39. The van der Waals surface area contributed by atoms with Crippen LogP contribution in [0.1, 0.15) is 49.7 Å². The molecule has 2 fully saturated rings. The number of piperidine rings is 1. The van der Waals surface area contributed by atoms with Gasteiger partial charge in [0.05, 0.1) is 22.7 Å². The lowest BCUT2D eigenvalue weighted by Crippen LogP contribution is -2.47. The molecule has 2 aromatic carbocycles. The van der Waals surface area contributed by atoms with Crippen LogP contribution in [-0.2, 0) is 31.3 Å². The number of ether oxygens (including phenoxy) is 1. The van der Waals surface area contributed by atoms with Crippen molar-refractivity contribution in [3.63, 3.8) is 0 Å². The lowest BCUT2D eigenvalue weighted by molar-refractivity contribution is -0.140. The summed E-state index contributed by atoms with van der Waals surface area (Å²) in [5.74, 6) is -0.479. The summed E-state index contributed by atoms with van der Waals surface area (Å²) in [5.41, 5.74) is -0.980. The number of rotatable bonds is 11. The summed E-state index contributed by atoms with van der Waals surface area (Å²) in [6.45, 7) is 4.22. The van der Waals surface area contributed by atoms with E-state index in [0.29, 0.717) is 38.6 Å². The van der Waals surface area contributed by atoms with Gasteiger partial charge >= 0.3 is 6.18 Å². The first kappa shape index (κ1) is 31.4. The lowest BCUT2D eigenvalue weighted by atomic mass is 9.84. The number of likely N-dealkylation sites (tertiary alicyclic amines) is 2. The molecule has 1 amide bonds. The Morgan fingerprint density at radius 3 is 2.37 bits per heavy atom. The van der Waals surface area contributed by atoms with Crippen LogP contribution in [0.25, 0.3) is 0 Å². The predicted molar refractivity (Wildman–Crippen MR) is 146 cm³/mol. The van der Waals surface area contributed by atoms with Crippen molar-refractivity contribution in [2.45, 2.75) is 55.2 Å². The molecule has 0 N–H and O–H groups in total. The molecule has 0 spiro atoms. The fraction of sp³-hybridized carbons (Fsp3) is 0.552. The van der Waals surface area contributed by atoms with Gasteiger partial charge < -0.3 is 14.5 Å². The summed E-state index contributed by atoms with van der Waals surface area (Å²) in [4.78, 5) is 16.6. The van der Waals surface area contributed by atoms with Gasteiger partial charge in [-0.3, -0.25) is 4.79 Å². The first-order chi connectivity index (χ1) is 19.4. The van der Waals surface area contributed by atoms with Crippen LogP contribution >= 0.6 is 0 Å². The second kappa shape index (κ2) is 13.2. The molecule has 2 aliphatic heterocycles. The average molecular weight is 600 g/mol. The van der Waals surface area contributed by atoms with Crippen LogP contribution in [0, 0.1) is 5.82 Å². The van der Waals surface area contributed by atoms with Gasteiger partial charge in [0.2, 0.25) is 15.9 Å². The Morgan fingerprint density at radius 2 is 1.71 bits per heavy atom. The minimum Gasteiger partial charge on any atom is -0.369 e. The van der Waals surface area contributed by atoms with E-state index in [2.05, 4.69) is 4.90 Å². The summed E-state index contributed by atoms with van der Waals surface area (Å²) < 4.78 is 86.2. The van der Waals surface area contributed by atoms with Crippen LogP contribution in [0.15, 0.2) is 53.4 Å². The molecule has 0 radical (unpaired) electrons. The van der Waals surface area contributed by atoms with Gasteiger partial charge in [-0.15, -0.1) is 0 Å². The molecule has 0 atom stereocenters. The van der Waals surface area contributed by atoms with Gasteiger partial charge in [0, 0.05) is 39.6 Å². The number of carbonyl (C=O) groups is 1. The van der Waals surface area contributed by atoms with Crippen LogP contribution in [0.3, 0.4) is 0 Å². The third kappa shape index (κ3) is 7.85. The first-order valence-corrected chi connectivity index (χ1v) is 15.4. The molecular weight excluding hydrogens is 562 g/mol. The smallest absolute Gasteiger partial charge is 0.369 e. The molecular formula is C29H37F4N3O4S. The van der Waals surface area contributed by atoms with Crippen LogP contribution < -0.4 is 0 Å². The van der Waals surface area contributed by atoms with Gasteiger partial charge in [-0.2, -0.15) is 13.2 Å². The van der Waals surface area contributed by atoms with E-state index in [9.17, 15) is 30.8 Å². The topological polar surface area (TPSA) is 70.2 Å². The standard InChI is InChI=1S/C29H37F4N3O4S/c1-34(41(38,39)26-10-5-8-24(22-26)29(31,32)33)14-6-11-27(37)36-17-12-28(13-18-36,23-7-4-9-25(30)21-23)40-20-19-35-15-2-3-16-35/h4-5,7-10,21-22H,2-3,6,11-20H2,1H3. The second-order valence-electron chi connectivity index (χ2n) is 10.7. The van der Waals surface area contributed by atoms with Gasteiger partial charge in [-0.05, 0) is 81.1 Å². The molecule has 7 nitrogen and oxygen atoms in total. The van der Waals surface area contributed by atoms with Gasteiger partial charge in [0.1, 0.15) is 5.82 Å². The van der Waals surface area contributed by atoms with Crippen LogP contribution in [0.2, 0.25) is 0 Å². The molecule has 0 unspecified atom stereocenters. The Morgan fingerprint density at radius 1 is 1.02 bits per heavy atom. The minimum absolute atomic E-state index is 0.0228. The summed E-state index contributed by atoms with van der Waals surface area (Å²) in [5, 5.41) is 0. The van der Waals surface area contributed by atoms with Gasteiger partial charge in [0.25, 0.3) is 0 Å². The van der Waals surface area contributed by atoms with Crippen molar-refractivity contribution in [3.8, 4) is 0 Å². The highest BCUT2D eigenvalue weighted by molar-refractivity contribution is 7.89. The van der Waals surface area contributed by atoms with Gasteiger partial charge in [-0.1, -0.05) is 18.2 Å². The normalized spacial score (nSPS) is 18.2. The SMILES string of the molecule is CN(CCCC(=O)N1CCC(OCCN2CCCC2)(c2cccc(F)c2)CC1)S(=O)(=O)c1cccc(C(F)(F)F)c1. The molecule has 2 heterocycles. The van der Waals surface area contributed by atoms with Crippen molar-refractivity contribution in [3.05, 3.63) is 65.5 Å². The second-order valence-corrected chi connectivity index (χ2v) is 12.8. The number of benzene rings is 2. The Bertz CT molecular complexity index is 1290. The Hall–Kier alpha value is -2.54. The fourth-order valence-electron chi connectivity index (χ4n) is 5.53. The number of alkyl halides is 3. The van der Waals surface area contributed by atoms with Crippen LogP contribution in [0.4, 0.5) is 17.6 Å². The molecule has 2 aliphatic rings. The third-order valence-corrected chi connectivity index (χ3v) is 9.85. The first-order valence-electron chi connectivity index (χ1n) is 13.9. The molecule has 2 saturated heterocycles. The number of hydrogen-bond donors (Lipinski definition) is 0. The fourth-order valence-corrected chi connectivity index (χ4v) is 6.78. The zero-order valence-electron chi connectivity index (χ0n) is 23.2. The average Bonchev–Trinajstić information content (AvgIpc) is 3.46.